The molecule has 2 aliphatic heterocycles. The van der Waals surface area contributed by atoms with Gasteiger partial charge in [-0.15, -0.1) is 0 Å². The zero-order valence-electron chi connectivity index (χ0n) is 15.1. The van der Waals surface area contributed by atoms with Crippen molar-refractivity contribution in [1.29, 1.82) is 0 Å². The number of para-hydroxylation sites is 1. The summed E-state index contributed by atoms with van der Waals surface area (Å²) in [4.78, 5) is 24.2. The van der Waals surface area contributed by atoms with E-state index in [0.29, 0.717) is 31.0 Å². The zero-order chi connectivity index (χ0) is 17.9. The molecule has 0 bridgehead atoms. The van der Waals surface area contributed by atoms with Crippen molar-refractivity contribution >= 4 is 5.91 Å². The standard InChI is InChI=1S/C20H24N4O2/c1-2-26-18-8-4-3-6-15(18)20(25)24-11-9-16-14(13-24)12-22-19(23-16)17-7-5-10-21-17/h3-4,6,8,12,17,21H,2,5,7,9-11,13H2,1H3. The van der Waals surface area contributed by atoms with Gasteiger partial charge in [0.25, 0.3) is 5.91 Å². The molecule has 1 aromatic carbocycles. The first-order valence-corrected chi connectivity index (χ1v) is 9.35. The Morgan fingerprint density at radius 2 is 2.27 bits per heavy atom. The predicted molar refractivity (Wildman–Crippen MR) is 98.1 cm³/mol. The molecule has 136 valence electrons. The molecule has 3 heterocycles. The SMILES string of the molecule is CCOc1ccccc1C(=O)N1CCc2nc(C3CCCN3)ncc2C1. The number of amides is 1. The Kier molecular flexibility index (Phi) is 4.84. The first kappa shape index (κ1) is 17.0. The molecule has 0 aliphatic carbocycles. The van der Waals surface area contributed by atoms with Gasteiger partial charge in [0.1, 0.15) is 11.6 Å². The van der Waals surface area contributed by atoms with E-state index in [-0.39, 0.29) is 11.9 Å². The van der Waals surface area contributed by atoms with E-state index < -0.39 is 0 Å². The van der Waals surface area contributed by atoms with Gasteiger partial charge in [0.2, 0.25) is 0 Å². The lowest BCUT2D eigenvalue weighted by molar-refractivity contribution is 0.0729. The van der Waals surface area contributed by atoms with Crippen LogP contribution in [0, 0.1) is 0 Å². The van der Waals surface area contributed by atoms with E-state index in [9.17, 15) is 4.79 Å². The van der Waals surface area contributed by atoms with E-state index in [1.54, 1.807) is 0 Å². The highest BCUT2D eigenvalue weighted by Crippen LogP contribution is 2.26. The Hall–Kier alpha value is -2.47. The van der Waals surface area contributed by atoms with E-state index in [4.69, 9.17) is 9.72 Å². The number of hydrogen-bond donors (Lipinski definition) is 1. The van der Waals surface area contributed by atoms with E-state index in [2.05, 4.69) is 10.3 Å². The van der Waals surface area contributed by atoms with Gasteiger partial charge in [-0.1, -0.05) is 12.1 Å². The summed E-state index contributed by atoms with van der Waals surface area (Å²) >= 11 is 0. The maximum Gasteiger partial charge on any atom is 0.257 e. The summed E-state index contributed by atoms with van der Waals surface area (Å²) < 4.78 is 5.61. The van der Waals surface area contributed by atoms with Gasteiger partial charge in [-0.25, -0.2) is 9.97 Å². The summed E-state index contributed by atoms with van der Waals surface area (Å²) in [6, 6.07) is 7.71. The van der Waals surface area contributed by atoms with Crippen molar-refractivity contribution in [1.82, 2.24) is 20.2 Å². The van der Waals surface area contributed by atoms with Gasteiger partial charge in [-0.3, -0.25) is 4.79 Å². The molecule has 6 heteroatoms. The number of rotatable bonds is 4. The Bertz CT molecular complexity index is 802. The fourth-order valence-corrected chi connectivity index (χ4v) is 3.67. The van der Waals surface area contributed by atoms with Crippen LogP contribution in [0.5, 0.6) is 5.75 Å². The average molecular weight is 352 g/mol. The summed E-state index contributed by atoms with van der Waals surface area (Å²) in [6.07, 6.45) is 4.93. The molecule has 2 aromatic rings. The van der Waals surface area contributed by atoms with Crippen LogP contribution in [0.25, 0.3) is 0 Å². The van der Waals surface area contributed by atoms with Crippen molar-refractivity contribution in [2.75, 3.05) is 19.7 Å². The third-order valence-electron chi connectivity index (χ3n) is 5.03. The van der Waals surface area contributed by atoms with Crippen LogP contribution in [0.15, 0.2) is 30.5 Å². The molecule has 1 N–H and O–H groups in total. The van der Waals surface area contributed by atoms with Crippen molar-refractivity contribution < 1.29 is 9.53 Å². The van der Waals surface area contributed by atoms with Crippen LogP contribution in [0.4, 0.5) is 0 Å². The van der Waals surface area contributed by atoms with Crippen LogP contribution in [0.3, 0.4) is 0 Å². The molecular weight excluding hydrogens is 328 g/mol. The maximum absolute atomic E-state index is 13.0. The highest BCUT2D eigenvalue weighted by atomic mass is 16.5. The molecule has 0 radical (unpaired) electrons. The number of aromatic nitrogens is 2. The Morgan fingerprint density at radius 3 is 3.08 bits per heavy atom. The molecule has 1 aromatic heterocycles. The molecule has 6 nitrogen and oxygen atoms in total. The van der Waals surface area contributed by atoms with Crippen LogP contribution >= 0.6 is 0 Å². The summed E-state index contributed by atoms with van der Waals surface area (Å²) in [6.45, 7) is 4.71. The van der Waals surface area contributed by atoms with Crippen molar-refractivity contribution in [2.45, 2.75) is 38.8 Å². The smallest absolute Gasteiger partial charge is 0.257 e. The lowest BCUT2D eigenvalue weighted by atomic mass is 10.0. The van der Waals surface area contributed by atoms with Crippen LogP contribution < -0.4 is 10.1 Å². The van der Waals surface area contributed by atoms with E-state index in [0.717, 1.165) is 36.5 Å². The first-order valence-electron chi connectivity index (χ1n) is 9.35. The van der Waals surface area contributed by atoms with Crippen molar-refractivity contribution in [3.63, 3.8) is 0 Å². The minimum absolute atomic E-state index is 0.00114. The van der Waals surface area contributed by atoms with Gasteiger partial charge < -0.3 is 15.0 Å². The number of carbonyl (C=O) groups is 1. The highest BCUT2D eigenvalue weighted by molar-refractivity contribution is 5.97. The van der Waals surface area contributed by atoms with Gasteiger partial charge in [-0.05, 0) is 38.4 Å². The van der Waals surface area contributed by atoms with E-state index in [1.807, 2.05) is 42.3 Å². The second-order valence-electron chi connectivity index (χ2n) is 6.75. The lowest BCUT2D eigenvalue weighted by Gasteiger charge is -2.29. The average Bonchev–Trinajstić information content (AvgIpc) is 3.22. The van der Waals surface area contributed by atoms with E-state index >= 15 is 0 Å². The minimum atomic E-state index is 0.00114. The summed E-state index contributed by atoms with van der Waals surface area (Å²) in [5, 5.41) is 3.44. The zero-order valence-corrected chi connectivity index (χ0v) is 15.1. The van der Waals surface area contributed by atoms with Gasteiger partial charge in [-0.2, -0.15) is 0 Å². The third-order valence-corrected chi connectivity index (χ3v) is 5.03. The molecule has 2 aliphatic rings. The number of ether oxygens (including phenoxy) is 1. The highest BCUT2D eigenvalue weighted by Gasteiger charge is 2.26. The maximum atomic E-state index is 13.0. The molecule has 4 rings (SSSR count). The second kappa shape index (κ2) is 7.41. The molecule has 26 heavy (non-hydrogen) atoms. The van der Waals surface area contributed by atoms with Gasteiger partial charge in [0.15, 0.2) is 0 Å². The predicted octanol–water partition coefficient (Wildman–Crippen LogP) is 2.50. The number of hydrogen-bond acceptors (Lipinski definition) is 5. The van der Waals surface area contributed by atoms with Gasteiger partial charge in [0.05, 0.1) is 23.9 Å². The molecule has 0 spiro atoms. The second-order valence-corrected chi connectivity index (χ2v) is 6.75. The van der Waals surface area contributed by atoms with Crippen LogP contribution in [0.2, 0.25) is 0 Å². The lowest BCUT2D eigenvalue weighted by Crippen LogP contribution is -2.37. The molecule has 1 atom stereocenters. The van der Waals surface area contributed by atoms with Crippen LogP contribution in [0.1, 0.15) is 53.2 Å². The largest absolute Gasteiger partial charge is 0.493 e. The summed E-state index contributed by atoms with van der Waals surface area (Å²) in [7, 11) is 0. The quantitative estimate of drug-likeness (QED) is 0.916. The fourth-order valence-electron chi connectivity index (χ4n) is 3.67. The monoisotopic (exact) mass is 352 g/mol. The third kappa shape index (κ3) is 3.29. The number of fused-ring (bicyclic) bond motifs is 1. The number of carbonyl (C=O) groups excluding carboxylic acids is 1. The summed E-state index contributed by atoms with van der Waals surface area (Å²) in [5.41, 5.74) is 2.73. The molecular formula is C20H24N4O2. The topological polar surface area (TPSA) is 67.3 Å². The number of nitrogens with one attached hydrogen (secondary N) is 1. The van der Waals surface area contributed by atoms with Gasteiger partial charge >= 0.3 is 0 Å². The molecule has 1 fully saturated rings. The van der Waals surface area contributed by atoms with E-state index in [1.165, 1.54) is 6.42 Å². The Labute approximate surface area is 153 Å². The number of benzene rings is 1. The van der Waals surface area contributed by atoms with Crippen molar-refractivity contribution in [2.24, 2.45) is 0 Å². The first-order chi connectivity index (χ1) is 12.8. The normalized spacial score (nSPS) is 19.3. The summed E-state index contributed by atoms with van der Waals surface area (Å²) in [5.74, 6) is 1.54. The molecule has 1 amide bonds. The van der Waals surface area contributed by atoms with Crippen molar-refractivity contribution in [3.8, 4) is 5.75 Å². The molecule has 1 unspecified atom stereocenters. The van der Waals surface area contributed by atoms with Crippen molar-refractivity contribution in [3.05, 3.63) is 53.1 Å². The Balaban J connectivity index is 1.52. The minimum Gasteiger partial charge on any atom is -0.493 e. The molecule has 1 saturated heterocycles. The Morgan fingerprint density at radius 1 is 1.38 bits per heavy atom. The van der Waals surface area contributed by atoms with Crippen LogP contribution in [-0.2, 0) is 13.0 Å². The van der Waals surface area contributed by atoms with Gasteiger partial charge in [0, 0.05) is 31.3 Å². The van der Waals surface area contributed by atoms with Crippen LogP contribution in [-0.4, -0.2) is 40.5 Å². The number of nitrogens with zero attached hydrogens (tertiary/aromatic N) is 3. The fraction of sp³-hybridized carbons (Fsp3) is 0.450. The molecule has 0 saturated carbocycles.